The topological polar surface area (TPSA) is 58.6 Å². The SMILES string of the molecule is Cc1cc(N2CCN(C(=O)COc3ccccc3F)CC2)nc(C)n1. The molecule has 1 aromatic heterocycles. The third kappa shape index (κ3) is 4.23. The number of hydrogen-bond acceptors (Lipinski definition) is 5. The number of nitrogens with zero attached hydrogens (tertiary/aromatic N) is 4. The summed E-state index contributed by atoms with van der Waals surface area (Å²) in [6.45, 7) is 6.22. The molecule has 1 saturated heterocycles. The fourth-order valence-electron chi connectivity index (χ4n) is 2.84. The van der Waals surface area contributed by atoms with Crippen LogP contribution in [0.1, 0.15) is 11.5 Å². The second-order valence-electron chi connectivity index (χ2n) is 6.00. The largest absolute Gasteiger partial charge is 0.481 e. The van der Waals surface area contributed by atoms with Gasteiger partial charge in [-0.3, -0.25) is 4.79 Å². The summed E-state index contributed by atoms with van der Waals surface area (Å²) in [5.41, 5.74) is 0.930. The number of benzene rings is 1. The van der Waals surface area contributed by atoms with Crippen LogP contribution >= 0.6 is 0 Å². The number of piperazine rings is 1. The summed E-state index contributed by atoms with van der Waals surface area (Å²) >= 11 is 0. The molecule has 1 aliphatic rings. The predicted octanol–water partition coefficient (Wildman–Crippen LogP) is 1.96. The molecule has 0 bridgehead atoms. The van der Waals surface area contributed by atoms with Crippen molar-refractivity contribution in [2.45, 2.75) is 13.8 Å². The van der Waals surface area contributed by atoms with E-state index >= 15 is 0 Å². The molecule has 0 spiro atoms. The Labute approximate surface area is 146 Å². The van der Waals surface area contributed by atoms with E-state index in [1.807, 2.05) is 19.9 Å². The first-order chi connectivity index (χ1) is 12.0. The second kappa shape index (κ2) is 7.46. The van der Waals surface area contributed by atoms with Crippen LogP contribution in [-0.4, -0.2) is 53.6 Å². The molecule has 0 unspecified atom stereocenters. The second-order valence-corrected chi connectivity index (χ2v) is 6.00. The van der Waals surface area contributed by atoms with Crippen molar-refractivity contribution in [3.05, 3.63) is 47.7 Å². The van der Waals surface area contributed by atoms with E-state index in [9.17, 15) is 9.18 Å². The molecule has 6 nitrogen and oxygen atoms in total. The maximum atomic E-state index is 13.5. The number of ether oxygens (including phenoxy) is 1. The first kappa shape index (κ1) is 17.1. The highest BCUT2D eigenvalue weighted by atomic mass is 19.1. The molecule has 0 aliphatic carbocycles. The Hall–Kier alpha value is -2.70. The van der Waals surface area contributed by atoms with Crippen molar-refractivity contribution in [2.75, 3.05) is 37.7 Å². The minimum absolute atomic E-state index is 0.0985. The number of anilines is 1. The number of carbonyl (C=O) groups is 1. The Morgan fingerprint density at radius 2 is 1.88 bits per heavy atom. The number of hydrogen-bond donors (Lipinski definition) is 0. The molecule has 1 aliphatic heterocycles. The van der Waals surface area contributed by atoms with Crippen LogP contribution in [0, 0.1) is 19.7 Å². The van der Waals surface area contributed by atoms with Gasteiger partial charge in [-0.2, -0.15) is 0 Å². The lowest BCUT2D eigenvalue weighted by molar-refractivity contribution is -0.133. The highest BCUT2D eigenvalue weighted by Crippen LogP contribution is 2.17. The van der Waals surface area contributed by atoms with E-state index in [1.54, 1.807) is 17.0 Å². The molecule has 0 atom stereocenters. The van der Waals surface area contributed by atoms with Crippen LogP contribution in [0.15, 0.2) is 30.3 Å². The van der Waals surface area contributed by atoms with Gasteiger partial charge in [-0.05, 0) is 26.0 Å². The molecule has 1 amide bonds. The molecule has 7 heteroatoms. The van der Waals surface area contributed by atoms with Gasteiger partial charge >= 0.3 is 0 Å². The molecule has 0 N–H and O–H groups in total. The number of aryl methyl sites for hydroxylation is 2. The maximum Gasteiger partial charge on any atom is 0.260 e. The van der Waals surface area contributed by atoms with Gasteiger partial charge in [0, 0.05) is 37.9 Å². The van der Waals surface area contributed by atoms with Crippen molar-refractivity contribution >= 4 is 11.7 Å². The Morgan fingerprint density at radius 1 is 1.16 bits per heavy atom. The number of aromatic nitrogens is 2. The van der Waals surface area contributed by atoms with Crippen LogP contribution in [-0.2, 0) is 4.79 Å². The molecule has 132 valence electrons. The summed E-state index contributed by atoms with van der Waals surface area (Å²) in [7, 11) is 0. The Morgan fingerprint density at radius 3 is 2.56 bits per heavy atom. The fourth-order valence-corrected chi connectivity index (χ4v) is 2.84. The van der Waals surface area contributed by atoms with Crippen molar-refractivity contribution < 1.29 is 13.9 Å². The van der Waals surface area contributed by atoms with Gasteiger partial charge in [-0.25, -0.2) is 14.4 Å². The van der Waals surface area contributed by atoms with Crippen LogP contribution in [0.4, 0.5) is 10.2 Å². The van der Waals surface area contributed by atoms with Crippen molar-refractivity contribution in [3.8, 4) is 5.75 Å². The van der Waals surface area contributed by atoms with Gasteiger partial charge in [0.2, 0.25) is 0 Å². The average molecular weight is 344 g/mol. The summed E-state index contributed by atoms with van der Waals surface area (Å²) in [4.78, 5) is 24.9. The standard InChI is InChI=1S/C18H21FN4O2/c1-13-11-17(21-14(2)20-13)22-7-9-23(10-8-22)18(24)12-25-16-6-4-3-5-15(16)19/h3-6,11H,7-10,12H2,1-2H3. The van der Waals surface area contributed by atoms with E-state index in [1.165, 1.54) is 12.1 Å². The lowest BCUT2D eigenvalue weighted by Crippen LogP contribution is -2.50. The molecule has 2 aromatic rings. The van der Waals surface area contributed by atoms with Crippen LogP contribution in [0.25, 0.3) is 0 Å². The Bertz CT molecular complexity index is 740. The lowest BCUT2D eigenvalue weighted by Gasteiger charge is -2.35. The molecule has 0 saturated carbocycles. The summed E-state index contributed by atoms with van der Waals surface area (Å²) in [5.74, 6) is 1.13. The minimum Gasteiger partial charge on any atom is -0.481 e. The molecular weight excluding hydrogens is 323 g/mol. The summed E-state index contributed by atoms with van der Waals surface area (Å²) in [6.07, 6.45) is 0. The smallest absolute Gasteiger partial charge is 0.260 e. The average Bonchev–Trinajstić information content (AvgIpc) is 2.60. The van der Waals surface area contributed by atoms with Crippen LogP contribution in [0.5, 0.6) is 5.75 Å². The van der Waals surface area contributed by atoms with Gasteiger partial charge in [-0.1, -0.05) is 12.1 Å². The van der Waals surface area contributed by atoms with Gasteiger partial charge in [0.05, 0.1) is 0 Å². The zero-order chi connectivity index (χ0) is 17.8. The summed E-state index contributed by atoms with van der Waals surface area (Å²) in [5, 5.41) is 0. The van der Waals surface area contributed by atoms with E-state index in [-0.39, 0.29) is 18.3 Å². The van der Waals surface area contributed by atoms with Crippen molar-refractivity contribution in [1.82, 2.24) is 14.9 Å². The molecule has 1 fully saturated rings. The lowest BCUT2D eigenvalue weighted by atomic mass is 10.3. The van der Waals surface area contributed by atoms with E-state index in [0.717, 1.165) is 17.3 Å². The number of para-hydroxylation sites is 1. The third-order valence-electron chi connectivity index (χ3n) is 4.10. The van der Waals surface area contributed by atoms with Gasteiger partial charge < -0.3 is 14.5 Å². The zero-order valence-electron chi connectivity index (χ0n) is 14.4. The normalized spacial score (nSPS) is 14.5. The third-order valence-corrected chi connectivity index (χ3v) is 4.10. The molecule has 1 aromatic carbocycles. The van der Waals surface area contributed by atoms with Crippen molar-refractivity contribution in [3.63, 3.8) is 0 Å². The zero-order valence-corrected chi connectivity index (χ0v) is 14.4. The molecule has 25 heavy (non-hydrogen) atoms. The minimum atomic E-state index is -0.463. The van der Waals surface area contributed by atoms with Gasteiger partial charge in [0.15, 0.2) is 18.2 Å². The van der Waals surface area contributed by atoms with E-state index in [2.05, 4.69) is 14.9 Å². The first-order valence-corrected chi connectivity index (χ1v) is 8.25. The fraction of sp³-hybridized carbons (Fsp3) is 0.389. The predicted molar refractivity (Wildman–Crippen MR) is 92.2 cm³/mol. The number of halogens is 1. The quantitative estimate of drug-likeness (QED) is 0.849. The summed E-state index contributed by atoms with van der Waals surface area (Å²) < 4.78 is 18.8. The van der Waals surface area contributed by atoms with Crippen LogP contribution < -0.4 is 9.64 Å². The van der Waals surface area contributed by atoms with Crippen LogP contribution in [0.2, 0.25) is 0 Å². The monoisotopic (exact) mass is 344 g/mol. The summed E-state index contributed by atoms with van der Waals surface area (Å²) in [6, 6.07) is 8.03. The Balaban J connectivity index is 1.53. The van der Waals surface area contributed by atoms with E-state index in [0.29, 0.717) is 26.2 Å². The highest BCUT2D eigenvalue weighted by Gasteiger charge is 2.22. The van der Waals surface area contributed by atoms with E-state index in [4.69, 9.17) is 4.74 Å². The number of carbonyl (C=O) groups excluding carboxylic acids is 1. The molecule has 3 rings (SSSR count). The number of amides is 1. The highest BCUT2D eigenvalue weighted by molar-refractivity contribution is 5.78. The molecule has 2 heterocycles. The molecular formula is C18H21FN4O2. The molecule has 0 radical (unpaired) electrons. The number of rotatable bonds is 4. The Kier molecular flexibility index (Phi) is 5.11. The van der Waals surface area contributed by atoms with Crippen molar-refractivity contribution in [2.24, 2.45) is 0 Å². The van der Waals surface area contributed by atoms with Crippen molar-refractivity contribution in [1.29, 1.82) is 0 Å². The van der Waals surface area contributed by atoms with Crippen LogP contribution in [0.3, 0.4) is 0 Å². The van der Waals surface area contributed by atoms with Gasteiger partial charge in [0.1, 0.15) is 11.6 Å². The van der Waals surface area contributed by atoms with Gasteiger partial charge in [-0.15, -0.1) is 0 Å². The first-order valence-electron chi connectivity index (χ1n) is 8.25. The maximum absolute atomic E-state index is 13.5. The van der Waals surface area contributed by atoms with Gasteiger partial charge in [0.25, 0.3) is 5.91 Å². The van der Waals surface area contributed by atoms with E-state index < -0.39 is 5.82 Å².